The fourth-order valence-electron chi connectivity index (χ4n) is 3.83. The molecule has 0 fully saturated rings. The van der Waals surface area contributed by atoms with Crippen LogP contribution in [0.5, 0.6) is 0 Å². The molecule has 4 rings (SSSR count). The molecule has 1 heterocycles. The first-order valence-corrected chi connectivity index (χ1v) is 9.40. The molecule has 1 aromatic heterocycles. The minimum absolute atomic E-state index is 0.989. The molecular formula is C24H25N. The number of nitrogens with zero attached hydrogens (tertiary/aromatic N) is 1. The van der Waals surface area contributed by atoms with E-state index >= 15 is 0 Å². The smallest absolute Gasteiger partial charge is 0.0483 e. The van der Waals surface area contributed by atoms with Crippen molar-refractivity contribution >= 4 is 21.7 Å². The third-order valence-corrected chi connectivity index (χ3v) is 5.13. The molecule has 0 saturated heterocycles. The van der Waals surface area contributed by atoms with Crippen molar-refractivity contribution in [3.05, 3.63) is 84.1 Å². The molecule has 0 amide bonds. The Balaban J connectivity index is 1.73. The van der Waals surface area contributed by atoms with Gasteiger partial charge in [-0.1, -0.05) is 80.4 Å². The monoisotopic (exact) mass is 327 g/mol. The fraction of sp³-hybridized carbons (Fsp3) is 0.250. The summed E-state index contributed by atoms with van der Waals surface area (Å²) < 4.78 is 2.45. The summed E-state index contributed by atoms with van der Waals surface area (Å²) in [6, 6.07) is 24.2. The molecule has 0 radical (unpaired) electrons. The topological polar surface area (TPSA) is 4.93 Å². The van der Waals surface area contributed by atoms with Gasteiger partial charge in [0.05, 0.1) is 0 Å². The van der Waals surface area contributed by atoms with E-state index in [0.29, 0.717) is 0 Å². The summed E-state index contributed by atoms with van der Waals surface area (Å²) in [6.45, 7) is 3.38. The number of para-hydroxylation sites is 1. The van der Waals surface area contributed by atoms with Gasteiger partial charge in [-0.3, -0.25) is 0 Å². The summed E-state index contributed by atoms with van der Waals surface area (Å²) in [5.41, 5.74) is 4.21. The van der Waals surface area contributed by atoms with Gasteiger partial charge < -0.3 is 4.57 Å². The highest BCUT2D eigenvalue weighted by Crippen LogP contribution is 2.27. The molecule has 0 aliphatic heterocycles. The molecule has 1 nitrogen and oxygen atoms in total. The van der Waals surface area contributed by atoms with E-state index in [4.69, 9.17) is 0 Å². The number of fused-ring (bicyclic) bond motifs is 2. The molecule has 0 aliphatic rings. The predicted molar refractivity (Wildman–Crippen MR) is 108 cm³/mol. The number of hydrogen-bond donors (Lipinski definition) is 0. The highest BCUT2D eigenvalue weighted by atomic mass is 15.0. The van der Waals surface area contributed by atoms with Crippen LogP contribution in [0.2, 0.25) is 0 Å². The van der Waals surface area contributed by atoms with Crippen LogP contribution in [-0.2, 0) is 13.0 Å². The molecule has 0 N–H and O–H groups in total. The van der Waals surface area contributed by atoms with E-state index in [1.54, 1.807) is 0 Å². The molecule has 0 aliphatic carbocycles. The second-order valence-corrected chi connectivity index (χ2v) is 6.89. The lowest BCUT2D eigenvalue weighted by Crippen LogP contribution is -1.95. The van der Waals surface area contributed by atoms with Crippen LogP contribution in [0.3, 0.4) is 0 Å². The minimum Gasteiger partial charge on any atom is -0.347 e. The summed E-state index contributed by atoms with van der Waals surface area (Å²) in [5, 5.41) is 4.09. The number of aryl methyl sites for hydroxylation is 1. The predicted octanol–water partition coefficient (Wildman–Crippen LogP) is 6.58. The van der Waals surface area contributed by atoms with Crippen molar-refractivity contribution in [2.45, 2.75) is 39.2 Å². The van der Waals surface area contributed by atoms with E-state index in [1.807, 2.05) is 0 Å². The zero-order valence-electron chi connectivity index (χ0n) is 14.9. The van der Waals surface area contributed by atoms with Crippen LogP contribution < -0.4 is 0 Å². The lowest BCUT2D eigenvalue weighted by molar-refractivity contribution is 0.615. The lowest BCUT2D eigenvalue weighted by atomic mass is 9.98. The molecule has 0 atom stereocenters. The third kappa shape index (κ3) is 3.19. The van der Waals surface area contributed by atoms with Crippen molar-refractivity contribution in [1.82, 2.24) is 4.57 Å². The molecule has 4 aromatic rings. The Bertz CT molecular complexity index is 988. The second-order valence-electron chi connectivity index (χ2n) is 6.89. The van der Waals surface area contributed by atoms with Gasteiger partial charge in [0, 0.05) is 30.1 Å². The highest BCUT2D eigenvalue weighted by Gasteiger charge is 2.10. The van der Waals surface area contributed by atoms with Gasteiger partial charge in [-0.25, -0.2) is 0 Å². The Morgan fingerprint density at radius 3 is 2.36 bits per heavy atom. The van der Waals surface area contributed by atoms with E-state index in [0.717, 1.165) is 13.0 Å². The van der Waals surface area contributed by atoms with Crippen LogP contribution in [0.15, 0.2) is 72.9 Å². The van der Waals surface area contributed by atoms with E-state index < -0.39 is 0 Å². The number of rotatable bonds is 6. The van der Waals surface area contributed by atoms with Gasteiger partial charge in [0.15, 0.2) is 0 Å². The molecule has 3 aromatic carbocycles. The summed E-state index contributed by atoms with van der Waals surface area (Å²) in [6.07, 6.45) is 7.18. The first-order valence-electron chi connectivity index (χ1n) is 9.40. The molecular weight excluding hydrogens is 302 g/mol. The molecule has 0 unspecified atom stereocenters. The Labute approximate surface area is 149 Å². The quantitative estimate of drug-likeness (QED) is 0.353. The van der Waals surface area contributed by atoms with Gasteiger partial charge in [0.25, 0.3) is 0 Å². The van der Waals surface area contributed by atoms with E-state index in [2.05, 4.69) is 84.4 Å². The van der Waals surface area contributed by atoms with Crippen molar-refractivity contribution in [3.8, 4) is 0 Å². The Morgan fingerprint density at radius 2 is 1.48 bits per heavy atom. The van der Waals surface area contributed by atoms with Crippen LogP contribution in [0.4, 0.5) is 0 Å². The Morgan fingerprint density at radius 1 is 0.720 bits per heavy atom. The SMILES string of the molecule is CCCCCn1cc(Cc2cccc3ccccc23)c2ccccc21. The van der Waals surface area contributed by atoms with Crippen LogP contribution >= 0.6 is 0 Å². The second kappa shape index (κ2) is 7.14. The average Bonchev–Trinajstić information content (AvgIpc) is 3.00. The maximum absolute atomic E-state index is 2.45. The lowest BCUT2D eigenvalue weighted by Gasteiger charge is -2.06. The van der Waals surface area contributed by atoms with Gasteiger partial charge in [-0.2, -0.15) is 0 Å². The van der Waals surface area contributed by atoms with Crippen molar-refractivity contribution in [2.75, 3.05) is 0 Å². The number of aromatic nitrogens is 1. The Kier molecular flexibility index (Phi) is 4.56. The van der Waals surface area contributed by atoms with E-state index in [1.165, 1.54) is 52.1 Å². The van der Waals surface area contributed by atoms with Crippen LogP contribution in [-0.4, -0.2) is 4.57 Å². The first kappa shape index (κ1) is 16.0. The fourth-order valence-corrected chi connectivity index (χ4v) is 3.83. The largest absolute Gasteiger partial charge is 0.347 e. The molecule has 0 spiro atoms. The maximum atomic E-state index is 2.45. The molecule has 25 heavy (non-hydrogen) atoms. The van der Waals surface area contributed by atoms with Gasteiger partial charge in [0.2, 0.25) is 0 Å². The van der Waals surface area contributed by atoms with Crippen LogP contribution in [0.1, 0.15) is 37.3 Å². The number of unbranched alkanes of at least 4 members (excludes halogenated alkanes) is 2. The zero-order valence-corrected chi connectivity index (χ0v) is 14.9. The molecule has 0 saturated carbocycles. The van der Waals surface area contributed by atoms with Gasteiger partial charge in [-0.05, 0) is 34.4 Å². The van der Waals surface area contributed by atoms with Crippen molar-refractivity contribution < 1.29 is 0 Å². The molecule has 126 valence electrons. The minimum atomic E-state index is 0.989. The van der Waals surface area contributed by atoms with Gasteiger partial charge in [0.1, 0.15) is 0 Å². The number of hydrogen-bond acceptors (Lipinski definition) is 0. The zero-order chi connectivity index (χ0) is 17.1. The summed E-state index contributed by atoms with van der Waals surface area (Å²) in [5.74, 6) is 0. The van der Waals surface area contributed by atoms with Gasteiger partial charge >= 0.3 is 0 Å². The third-order valence-electron chi connectivity index (χ3n) is 5.13. The van der Waals surface area contributed by atoms with Crippen LogP contribution in [0.25, 0.3) is 21.7 Å². The van der Waals surface area contributed by atoms with E-state index in [-0.39, 0.29) is 0 Å². The molecule has 0 bridgehead atoms. The normalized spacial score (nSPS) is 11.4. The van der Waals surface area contributed by atoms with E-state index in [9.17, 15) is 0 Å². The van der Waals surface area contributed by atoms with Crippen molar-refractivity contribution in [1.29, 1.82) is 0 Å². The number of benzene rings is 3. The summed E-state index contributed by atoms with van der Waals surface area (Å²) >= 11 is 0. The van der Waals surface area contributed by atoms with Crippen molar-refractivity contribution in [2.24, 2.45) is 0 Å². The highest BCUT2D eigenvalue weighted by molar-refractivity contribution is 5.88. The summed E-state index contributed by atoms with van der Waals surface area (Å²) in [4.78, 5) is 0. The molecule has 1 heteroatoms. The van der Waals surface area contributed by atoms with Crippen molar-refractivity contribution in [3.63, 3.8) is 0 Å². The Hall–Kier alpha value is -2.54. The summed E-state index contributed by atoms with van der Waals surface area (Å²) in [7, 11) is 0. The average molecular weight is 327 g/mol. The standard InChI is InChI=1S/C24H25N/c1-2-3-8-16-25-18-21(23-14-6-7-15-24(23)25)17-20-12-9-11-19-10-4-5-13-22(19)20/h4-7,9-15,18H,2-3,8,16-17H2,1H3. The maximum Gasteiger partial charge on any atom is 0.0483 e. The van der Waals surface area contributed by atoms with Gasteiger partial charge in [-0.15, -0.1) is 0 Å². The van der Waals surface area contributed by atoms with Crippen LogP contribution in [0, 0.1) is 0 Å². The first-order chi connectivity index (χ1) is 12.4.